The number of nitrogens with zero attached hydrogens (tertiary/aromatic N) is 4. The predicted molar refractivity (Wildman–Crippen MR) is 116 cm³/mol. The molecule has 0 radical (unpaired) electrons. The lowest BCUT2D eigenvalue weighted by atomic mass is 9.90. The zero-order valence-electron chi connectivity index (χ0n) is 19.4. The zero-order chi connectivity index (χ0) is 20.2. The van der Waals surface area contributed by atoms with Gasteiger partial charge in [0.2, 0.25) is 0 Å². The molecular weight excluding hydrogens is 336 g/mol. The Hall–Kier alpha value is -0.200. The van der Waals surface area contributed by atoms with Crippen LogP contribution in [-0.2, 0) is 4.74 Å². The van der Waals surface area contributed by atoms with Gasteiger partial charge in [0.15, 0.2) is 0 Å². The molecule has 5 heteroatoms. The molecule has 2 aliphatic heterocycles. The second-order valence-electron chi connectivity index (χ2n) is 10.4. The monoisotopic (exact) mass is 382 g/mol. The summed E-state index contributed by atoms with van der Waals surface area (Å²) in [6, 6.07) is 1.30. The first-order chi connectivity index (χ1) is 12.5. The second kappa shape index (κ2) is 9.53. The molecule has 0 aromatic rings. The van der Waals surface area contributed by atoms with Crippen molar-refractivity contribution in [3.05, 3.63) is 0 Å². The first-order valence-corrected chi connectivity index (χ1v) is 11.0. The molecule has 0 spiro atoms. The Balaban J connectivity index is 1.86. The minimum absolute atomic E-state index is 0.266. The summed E-state index contributed by atoms with van der Waals surface area (Å²) in [5.41, 5.74) is 0.545. The van der Waals surface area contributed by atoms with E-state index in [-0.39, 0.29) is 11.1 Å². The Kier molecular flexibility index (Phi) is 8.15. The van der Waals surface area contributed by atoms with Crippen molar-refractivity contribution in [2.45, 2.75) is 77.5 Å². The molecule has 0 saturated carbocycles. The van der Waals surface area contributed by atoms with Crippen LogP contribution in [0.4, 0.5) is 0 Å². The molecule has 2 aliphatic rings. The molecule has 2 heterocycles. The molecule has 2 atom stereocenters. The van der Waals surface area contributed by atoms with Crippen molar-refractivity contribution in [1.82, 2.24) is 19.6 Å². The smallest absolute Gasteiger partial charge is 0.0589 e. The molecule has 0 aromatic heterocycles. The maximum atomic E-state index is 5.23. The summed E-state index contributed by atoms with van der Waals surface area (Å²) in [4.78, 5) is 10.6. The third-order valence-electron chi connectivity index (χ3n) is 7.07. The van der Waals surface area contributed by atoms with Crippen LogP contribution < -0.4 is 0 Å². The number of rotatable bonds is 7. The minimum atomic E-state index is 0.266. The molecule has 0 N–H and O–H groups in total. The highest BCUT2D eigenvalue weighted by Gasteiger charge is 2.36. The summed E-state index contributed by atoms with van der Waals surface area (Å²) in [5, 5.41) is 0. The topological polar surface area (TPSA) is 22.2 Å². The van der Waals surface area contributed by atoms with E-state index >= 15 is 0 Å². The standard InChI is InChI=1S/C22H46N4O/c1-19-17-26(21(2,3)4)18-20(23(19)7)9-10-22(5,6)25-13-11-24(12-14-25)15-16-27-8/h19-20H,9-18H2,1-8H3. The SMILES string of the molecule is COCCN1CCN(C(C)(C)CCC2CN(C(C)(C)C)CC(C)N2C)CC1. The van der Waals surface area contributed by atoms with Gasteiger partial charge in [0.05, 0.1) is 6.61 Å². The van der Waals surface area contributed by atoms with Crippen molar-refractivity contribution in [1.29, 1.82) is 0 Å². The van der Waals surface area contributed by atoms with Gasteiger partial charge in [-0.3, -0.25) is 19.6 Å². The maximum Gasteiger partial charge on any atom is 0.0589 e. The van der Waals surface area contributed by atoms with Gasteiger partial charge in [-0.05, 0) is 61.4 Å². The summed E-state index contributed by atoms with van der Waals surface area (Å²) in [6.07, 6.45) is 2.55. The molecule has 2 unspecified atom stereocenters. The molecule has 0 bridgehead atoms. The van der Waals surface area contributed by atoms with Crippen LogP contribution in [0.25, 0.3) is 0 Å². The molecule has 0 amide bonds. The van der Waals surface area contributed by atoms with Crippen LogP contribution in [0.1, 0.15) is 54.4 Å². The highest BCUT2D eigenvalue weighted by Crippen LogP contribution is 2.28. The fraction of sp³-hybridized carbons (Fsp3) is 1.00. The van der Waals surface area contributed by atoms with E-state index in [9.17, 15) is 0 Å². The molecule has 0 aliphatic carbocycles. The van der Waals surface area contributed by atoms with E-state index in [1.165, 1.54) is 52.1 Å². The third-order valence-corrected chi connectivity index (χ3v) is 7.07. The number of hydrogen-bond acceptors (Lipinski definition) is 5. The van der Waals surface area contributed by atoms with Crippen LogP contribution >= 0.6 is 0 Å². The van der Waals surface area contributed by atoms with Gasteiger partial charge in [0, 0.05) is 76.1 Å². The fourth-order valence-electron chi connectivity index (χ4n) is 4.58. The van der Waals surface area contributed by atoms with Gasteiger partial charge in [-0.2, -0.15) is 0 Å². The number of hydrogen-bond donors (Lipinski definition) is 0. The largest absolute Gasteiger partial charge is 0.383 e. The lowest BCUT2D eigenvalue weighted by Gasteiger charge is -2.50. The molecule has 2 saturated heterocycles. The molecular formula is C22H46N4O. The van der Waals surface area contributed by atoms with Gasteiger partial charge < -0.3 is 4.74 Å². The highest BCUT2D eigenvalue weighted by molar-refractivity contribution is 4.93. The first kappa shape index (κ1) is 23.1. The van der Waals surface area contributed by atoms with Crippen molar-refractivity contribution < 1.29 is 4.74 Å². The molecule has 0 aromatic carbocycles. The number of methoxy groups -OCH3 is 1. The van der Waals surface area contributed by atoms with Gasteiger partial charge >= 0.3 is 0 Å². The molecule has 5 nitrogen and oxygen atoms in total. The van der Waals surface area contributed by atoms with Crippen molar-refractivity contribution in [2.75, 3.05) is 66.6 Å². The Morgan fingerprint density at radius 1 is 0.926 bits per heavy atom. The molecule has 160 valence electrons. The van der Waals surface area contributed by atoms with Crippen LogP contribution in [0, 0.1) is 0 Å². The number of piperazine rings is 2. The fourth-order valence-corrected chi connectivity index (χ4v) is 4.58. The zero-order valence-corrected chi connectivity index (χ0v) is 19.4. The summed E-state index contributed by atoms with van der Waals surface area (Å²) >= 11 is 0. The van der Waals surface area contributed by atoms with E-state index in [1.54, 1.807) is 7.11 Å². The minimum Gasteiger partial charge on any atom is -0.383 e. The molecule has 2 fully saturated rings. The van der Waals surface area contributed by atoms with E-state index < -0.39 is 0 Å². The normalized spacial score (nSPS) is 28.0. The van der Waals surface area contributed by atoms with E-state index in [0.29, 0.717) is 12.1 Å². The second-order valence-corrected chi connectivity index (χ2v) is 10.4. The van der Waals surface area contributed by atoms with Gasteiger partial charge in [-0.25, -0.2) is 0 Å². The third kappa shape index (κ3) is 6.40. The Morgan fingerprint density at radius 3 is 2.11 bits per heavy atom. The van der Waals surface area contributed by atoms with Crippen molar-refractivity contribution in [3.63, 3.8) is 0 Å². The van der Waals surface area contributed by atoms with Crippen LogP contribution in [0.15, 0.2) is 0 Å². The summed E-state index contributed by atoms with van der Waals surface area (Å²) in [5.74, 6) is 0. The lowest BCUT2D eigenvalue weighted by Crippen LogP contribution is -2.61. The first-order valence-electron chi connectivity index (χ1n) is 11.0. The summed E-state index contributed by atoms with van der Waals surface area (Å²) < 4.78 is 5.23. The quantitative estimate of drug-likeness (QED) is 0.673. The molecule has 27 heavy (non-hydrogen) atoms. The van der Waals surface area contributed by atoms with Crippen molar-refractivity contribution >= 4 is 0 Å². The van der Waals surface area contributed by atoms with Crippen LogP contribution in [0.3, 0.4) is 0 Å². The lowest BCUT2D eigenvalue weighted by molar-refractivity contribution is -0.0111. The van der Waals surface area contributed by atoms with E-state index in [4.69, 9.17) is 4.74 Å². The number of likely N-dealkylation sites (N-methyl/N-ethyl adjacent to an activating group) is 1. The van der Waals surface area contributed by atoms with Gasteiger partial charge in [0.1, 0.15) is 0 Å². The Morgan fingerprint density at radius 2 is 1.56 bits per heavy atom. The summed E-state index contributed by atoms with van der Waals surface area (Å²) in [7, 11) is 4.13. The summed E-state index contributed by atoms with van der Waals surface area (Å²) in [6.45, 7) is 23.4. The predicted octanol–water partition coefficient (Wildman–Crippen LogP) is 2.61. The van der Waals surface area contributed by atoms with E-state index in [2.05, 4.69) is 68.2 Å². The van der Waals surface area contributed by atoms with Crippen molar-refractivity contribution in [3.8, 4) is 0 Å². The van der Waals surface area contributed by atoms with Crippen LogP contribution in [0.2, 0.25) is 0 Å². The average molecular weight is 383 g/mol. The van der Waals surface area contributed by atoms with E-state index in [1.807, 2.05) is 0 Å². The molecule has 2 rings (SSSR count). The van der Waals surface area contributed by atoms with Gasteiger partial charge in [-0.15, -0.1) is 0 Å². The van der Waals surface area contributed by atoms with Gasteiger partial charge in [0.25, 0.3) is 0 Å². The Labute approximate surface area is 169 Å². The number of ether oxygens (including phenoxy) is 1. The van der Waals surface area contributed by atoms with Crippen molar-refractivity contribution in [2.24, 2.45) is 0 Å². The average Bonchev–Trinajstić information content (AvgIpc) is 2.60. The van der Waals surface area contributed by atoms with Gasteiger partial charge in [-0.1, -0.05) is 0 Å². The van der Waals surface area contributed by atoms with E-state index in [0.717, 1.165) is 13.2 Å². The maximum absolute atomic E-state index is 5.23. The van der Waals surface area contributed by atoms with Crippen LogP contribution in [0.5, 0.6) is 0 Å². The highest BCUT2D eigenvalue weighted by atomic mass is 16.5. The van der Waals surface area contributed by atoms with Crippen LogP contribution in [-0.4, -0.2) is 109 Å². The Bertz CT molecular complexity index is 440.